The highest BCUT2D eigenvalue weighted by Gasteiger charge is 2.10. The Morgan fingerprint density at radius 1 is 1.24 bits per heavy atom. The normalized spacial score (nSPS) is 10.6. The van der Waals surface area contributed by atoms with E-state index in [0.29, 0.717) is 5.65 Å². The van der Waals surface area contributed by atoms with Gasteiger partial charge in [0.1, 0.15) is 5.65 Å². The average Bonchev–Trinajstić information content (AvgIpc) is 2.62. The van der Waals surface area contributed by atoms with Crippen LogP contribution < -0.4 is 15.6 Å². The van der Waals surface area contributed by atoms with E-state index in [9.17, 15) is 9.59 Å². The molecule has 6 nitrogen and oxygen atoms in total. The summed E-state index contributed by atoms with van der Waals surface area (Å²) in [6.07, 6.45) is 2.45. The molecule has 6 heteroatoms. The minimum atomic E-state index is -0.293. The molecule has 3 rings (SSSR count). The molecular formula is C19H19N3O3. The first kappa shape index (κ1) is 16.7. The van der Waals surface area contributed by atoms with E-state index in [4.69, 9.17) is 4.74 Å². The number of hydrogen-bond donors (Lipinski definition) is 1. The molecular weight excluding hydrogens is 318 g/mol. The summed E-state index contributed by atoms with van der Waals surface area (Å²) in [6, 6.07) is 12.4. The van der Waals surface area contributed by atoms with Gasteiger partial charge in [0.2, 0.25) is 5.88 Å². The van der Waals surface area contributed by atoms with Gasteiger partial charge in [-0.1, -0.05) is 31.2 Å². The van der Waals surface area contributed by atoms with Gasteiger partial charge in [0.25, 0.3) is 11.5 Å². The number of nitrogens with zero attached hydrogens (tertiary/aromatic N) is 2. The van der Waals surface area contributed by atoms with Crippen molar-refractivity contribution < 1.29 is 9.53 Å². The molecule has 0 aliphatic heterocycles. The van der Waals surface area contributed by atoms with E-state index in [1.807, 2.05) is 32.0 Å². The molecule has 0 unspecified atom stereocenters. The lowest BCUT2D eigenvalue weighted by atomic mass is 10.1. The zero-order valence-electron chi connectivity index (χ0n) is 14.2. The SMILES string of the molecule is CCc1cccc(C)c1NC(=O)COc1cc(=O)n2ccccc2n1. The van der Waals surface area contributed by atoms with Crippen LogP contribution >= 0.6 is 0 Å². The highest BCUT2D eigenvalue weighted by Crippen LogP contribution is 2.21. The van der Waals surface area contributed by atoms with Crippen LogP contribution in [0.5, 0.6) is 5.88 Å². The van der Waals surface area contributed by atoms with Crippen LogP contribution in [0.2, 0.25) is 0 Å². The lowest BCUT2D eigenvalue weighted by Crippen LogP contribution is -2.23. The Labute approximate surface area is 145 Å². The Balaban J connectivity index is 1.72. The average molecular weight is 337 g/mol. The quantitative estimate of drug-likeness (QED) is 0.777. The number of pyridine rings is 1. The second-order valence-electron chi connectivity index (χ2n) is 5.66. The first-order valence-corrected chi connectivity index (χ1v) is 8.08. The van der Waals surface area contributed by atoms with E-state index in [1.165, 1.54) is 10.5 Å². The third-order valence-corrected chi connectivity index (χ3v) is 3.90. The van der Waals surface area contributed by atoms with Crippen molar-refractivity contribution in [3.8, 4) is 5.88 Å². The van der Waals surface area contributed by atoms with Crippen molar-refractivity contribution in [3.05, 3.63) is 70.1 Å². The summed E-state index contributed by atoms with van der Waals surface area (Å²) in [5.41, 5.74) is 3.08. The van der Waals surface area contributed by atoms with Crippen LogP contribution in [0, 0.1) is 6.92 Å². The fourth-order valence-corrected chi connectivity index (χ4v) is 2.62. The van der Waals surface area contributed by atoms with E-state index >= 15 is 0 Å². The predicted molar refractivity (Wildman–Crippen MR) is 96.1 cm³/mol. The van der Waals surface area contributed by atoms with Gasteiger partial charge < -0.3 is 10.1 Å². The van der Waals surface area contributed by atoms with E-state index in [2.05, 4.69) is 10.3 Å². The number of carbonyl (C=O) groups excluding carboxylic acids is 1. The number of aromatic nitrogens is 2. The molecule has 1 aromatic carbocycles. The summed E-state index contributed by atoms with van der Waals surface area (Å²) in [5, 5.41) is 2.88. The number of anilines is 1. The van der Waals surface area contributed by atoms with Crippen LogP contribution in [-0.4, -0.2) is 21.9 Å². The monoisotopic (exact) mass is 337 g/mol. The number of ether oxygens (including phenoxy) is 1. The van der Waals surface area contributed by atoms with Crippen LogP contribution in [0.4, 0.5) is 5.69 Å². The Hall–Kier alpha value is -3.15. The molecule has 3 aromatic rings. The van der Waals surface area contributed by atoms with Crippen molar-refractivity contribution in [2.45, 2.75) is 20.3 Å². The molecule has 0 bridgehead atoms. The van der Waals surface area contributed by atoms with E-state index < -0.39 is 0 Å². The summed E-state index contributed by atoms with van der Waals surface area (Å²) in [5.74, 6) is -0.161. The van der Waals surface area contributed by atoms with Crippen LogP contribution in [0.3, 0.4) is 0 Å². The maximum Gasteiger partial charge on any atom is 0.262 e. The van der Waals surface area contributed by atoms with Crippen molar-refractivity contribution >= 4 is 17.2 Å². The van der Waals surface area contributed by atoms with Crippen molar-refractivity contribution in [3.63, 3.8) is 0 Å². The number of amides is 1. The predicted octanol–water partition coefficient (Wildman–Crippen LogP) is 2.58. The van der Waals surface area contributed by atoms with Crippen LogP contribution in [-0.2, 0) is 11.2 Å². The minimum Gasteiger partial charge on any atom is -0.467 e. The van der Waals surface area contributed by atoms with Crippen LogP contribution in [0.1, 0.15) is 18.1 Å². The molecule has 0 saturated carbocycles. The summed E-state index contributed by atoms with van der Waals surface area (Å²) in [7, 11) is 0. The molecule has 0 fully saturated rings. The summed E-state index contributed by atoms with van der Waals surface area (Å²) in [4.78, 5) is 28.4. The molecule has 0 aliphatic carbocycles. The summed E-state index contributed by atoms with van der Waals surface area (Å²) in [6.45, 7) is 3.77. The smallest absolute Gasteiger partial charge is 0.262 e. The first-order chi connectivity index (χ1) is 12.1. The van der Waals surface area contributed by atoms with Crippen LogP contribution in [0.15, 0.2) is 53.5 Å². The molecule has 1 N–H and O–H groups in total. The molecule has 2 heterocycles. The van der Waals surface area contributed by atoms with Crippen molar-refractivity contribution in [1.29, 1.82) is 0 Å². The van der Waals surface area contributed by atoms with Crippen molar-refractivity contribution in [2.24, 2.45) is 0 Å². The van der Waals surface area contributed by atoms with E-state index in [1.54, 1.807) is 24.4 Å². The fourth-order valence-electron chi connectivity index (χ4n) is 2.62. The largest absolute Gasteiger partial charge is 0.467 e. The number of para-hydroxylation sites is 1. The van der Waals surface area contributed by atoms with Gasteiger partial charge in [-0.05, 0) is 36.6 Å². The van der Waals surface area contributed by atoms with E-state index in [0.717, 1.165) is 23.2 Å². The lowest BCUT2D eigenvalue weighted by molar-refractivity contribution is -0.118. The van der Waals surface area contributed by atoms with Gasteiger partial charge >= 0.3 is 0 Å². The number of hydrogen-bond acceptors (Lipinski definition) is 4. The van der Waals surface area contributed by atoms with E-state index in [-0.39, 0.29) is 24.0 Å². The molecule has 25 heavy (non-hydrogen) atoms. The third-order valence-electron chi connectivity index (χ3n) is 3.90. The fraction of sp³-hybridized carbons (Fsp3) is 0.211. The number of nitrogens with one attached hydrogen (secondary N) is 1. The van der Waals surface area contributed by atoms with Gasteiger partial charge in [-0.3, -0.25) is 14.0 Å². The molecule has 0 atom stereocenters. The van der Waals surface area contributed by atoms with Crippen molar-refractivity contribution in [2.75, 3.05) is 11.9 Å². The molecule has 128 valence electrons. The number of benzene rings is 1. The molecule has 0 spiro atoms. The number of aryl methyl sites for hydroxylation is 2. The van der Waals surface area contributed by atoms with Gasteiger partial charge in [-0.2, -0.15) is 4.98 Å². The molecule has 0 saturated heterocycles. The Morgan fingerprint density at radius 3 is 2.88 bits per heavy atom. The minimum absolute atomic E-state index is 0.131. The first-order valence-electron chi connectivity index (χ1n) is 8.08. The molecule has 0 aliphatic rings. The zero-order valence-corrected chi connectivity index (χ0v) is 14.2. The lowest BCUT2D eigenvalue weighted by Gasteiger charge is -2.13. The summed E-state index contributed by atoms with van der Waals surface area (Å²) >= 11 is 0. The zero-order chi connectivity index (χ0) is 17.8. The van der Waals surface area contributed by atoms with Gasteiger partial charge in [0.15, 0.2) is 6.61 Å². The highest BCUT2D eigenvalue weighted by atomic mass is 16.5. The number of rotatable bonds is 5. The molecule has 2 aromatic heterocycles. The number of carbonyl (C=O) groups is 1. The molecule has 1 amide bonds. The maximum absolute atomic E-state index is 12.2. The second kappa shape index (κ2) is 7.17. The third kappa shape index (κ3) is 3.68. The van der Waals surface area contributed by atoms with Gasteiger partial charge in [0, 0.05) is 11.9 Å². The summed E-state index contributed by atoms with van der Waals surface area (Å²) < 4.78 is 6.82. The topological polar surface area (TPSA) is 72.7 Å². The van der Waals surface area contributed by atoms with Crippen LogP contribution in [0.25, 0.3) is 5.65 Å². The van der Waals surface area contributed by atoms with Crippen molar-refractivity contribution in [1.82, 2.24) is 9.38 Å². The van der Waals surface area contributed by atoms with Gasteiger partial charge in [-0.15, -0.1) is 0 Å². The Kier molecular flexibility index (Phi) is 4.79. The Bertz CT molecular complexity index is 979. The second-order valence-corrected chi connectivity index (χ2v) is 5.66. The Morgan fingerprint density at radius 2 is 2.08 bits per heavy atom. The number of fused-ring (bicyclic) bond motifs is 1. The van der Waals surface area contributed by atoms with Gasteiger partial charge in [0.05, 0.1) is 6.07 Å². The maximum atomic E-state index is 12.2. The van der Waals surface area contributed by atoms with Gasteiger partial charge in [-0.25, -0.2) is 0 Å². The molecule has 0 radical (unpaired) electrons. The highest BCUT2D eigenvalue weighted by molar-refractivity contribution is 5.93. The standard InChI is InChI=1S/C19H19N3O3/c1-3-14-8-6-7-13(2)19(14)21-16(23)12-25-17-11-18(24)22-10-5-4-9-15(22)20-17/h4-11H,3,12H2,1-2H3,(H,21,23).